The zero-order valence-electron chi connectivity index (χ0n) is 9.24. The van der Waals surface area contributed by atoms with Gasteiger partial charge in [-0.3, -0.25) is 9.10 Å². The van der Waals surface area contributed by atoms with Gasteiger partial charge in [-0.2, -0.15) is 0 Å². The van der Waals surface area contributed by atoms with Crippen LogP contribution in [0.25, 0.3) is 0 Å². The van der Waals surface area contributed by atoms with Gasteiger partial charge in [0.25, 0.3) is 5.91 Å². The predicted molar refractivity (Wildman–Crippen MR) is 64.1 cm³/mol. The Labute approximate surface area is 95.8 Å². The largest absolute Gasteiger partial charge is 0.281 e. The summed E-state index contributed by atoms with van der Waals surface area (Å²) in [5, 5.41) is 0. The number of carbonyl (C=O) groups excluding carboxylic acids is 1. The molecule has 0 fully saturated rings. The molecule has 1 heterocycles. The van der Waals surface area contributed by atoms with Crippen LogP contribution in [0, 0.1) is 6.92 Å². The van der Waals surface area contributed by atoms with Crippen molar-refractivity contribution in [3.8, 4) is 0 Å². The molecule has 0 saturated carbocycles. The van der Waals surface area contributed by atoms with E-state index in [0.29, 0.717) is 12.5 Å². The Kier molecular flexibility index (Phi) is 2.51. The first-order valence-corrected chi connectivity index (χ1v) is 5.55. The third-order valence-electron chi connectivity index (χ3n) is 2.90. The number of benzene rings is 1. The maximum absolute atomic E-state index is 11.7. The van der Waals surface area contributed by atoms with E-state index in [1.54, 1.807) is 0 Å². The van der Waals surface area contributed by atoms with Gasteiger partial charge in [-0.25, -0.2) is 0 Å². The van der Waals surface area contributed by atoms with Crippen molar-refractivity contribution in [2.45, 2.75) is 33.2 Å². The lowest BCUT2D eigenvalue weighted by atomic mass is 9.93. The standard InChI is InChI=1S/C12H15NOS/c1-7(2)10-5-9-6-13(15)12(14)11(9)4-8(10)3/h4-5,7,15H,6H2,1-3H3. The van der Waals surface area contributed by atoms with Gasteiger partial charge in [0.15, 0.2) is 0 Å². The summed E-state index contributed by atoms with van der Waals surface area (Å²) in [5.74, 6) is 0.520. The van der Waals surface area contributed by atoms with E-state index in [-0.39, 0.29) is 5.91 Å². The van der Waals surface area contributed by atoms with Crippen molar-refractivity contribution in [3.05, 3.63) is 34.4 Å². The SMILES string of the molecule is Cc1cc2c(cc1C(C)C)CN(S)C2=O. The van der Waals surface area contributed by atoms with Gasteiger partial charge in [0.05, 0.1) is 6.54 Å². The summed E-state index contributed by atoms with van der Waals surface area (Å²) in [6.45, 7) is 7.02. The van der Waals surface area contributed by atoms with Gasteiger partial charge in [-0.05, 0) is 35.6 Å². The van der Waals surface area contributed by atoms with Crippen molar-refractivity contribution in [2.75, 3.05) is 0 Å². The highest BCUT2D eigenvalue weighted by atomic mass is 32.1. The molecule has 0 bridgehead atoms. The summed E-state index contributed by atoms with van der Waals surface area (Å²) in [5.41, 5.74) is 4.43. The first-order chi connectivity index (χ1) is 7.00. The third-order valence-corrected chi connectivity index (χ3v) is 3.22. The van der Waals surface area contributed by atoms with Crippen molar-refractivity contribution < 1.29 is 4.79 Å². The summed E-state index contributed by atoms with van der Waals surface area (Å²) in [6, 6.07) is 4.13. The van der Waals surface area contributed by atoms with E-state index in [4.69, 9.17) is 0 Å². The molecule has 0 aliphatic carbocycles. The molecule has 0 saturated heterocycles. The van der Waals surface area contributed by atoms with Crippen LogP contribution in [0.4, 0.5) is 0 Å². The highest BCUT2D eigenvalue weighted by Crippen LogP contribution is 2.29. The van der Waals surface area contributed by atoms with E-state index in [2.05, 4.69) is 39.7 Å². The number of carbonyl (C=O) groups is 1. The molecule has 1 aromatic rings. The Morgan fingerprint density at radius 1 is 1.40 bits per heavy atom. The molecular formula is C12H15NOS. The molecule has 1 aliphatic rings. The minimum Gasteiger partial charge on any atom is -0.281 e. The van der Waals surface area contributed by atoms with Crippen LogP contribution in [-0.4, -0.2) is 10.2 Å². The molecule has 0 N–H and O–H groups in total. The molecule has 0 atom stereocenters. The van der Waals surface area contributed by atoms with Crippen LogP contribution in [0.2, 0.25) is 0 Å². The second-order valence-corrected chi connectivity index (χ2v) is 4.87. The fourth-order valence-electron chi connectivity index (χ4n) is 2.10. The molecule has 1 aromatic carbocycles. The number of amides is 1. The normalized spacial score (nSPS) is 15.0. The van der Waals surface area contributed by atoms with Crippen molar-refractivity contribution in [1.82, 2.24) is 4.31 Å². The summed E-state index contributed by atoms with van der Waals surface area (Å²) in [7, 11) is 0. The molecule has 0 aromatic heterocycles. The Bertz CT molecular complexity index is 426. The van der Waals surface area contributed by atoms with E-state index in [1.807, 2.05) is 6.07 Å². The van der Waals surface area contributed by atoms with Gasteiger partial charge < -0.3 is 0 Å². The highest BCUT2D eigenvalue weighted by molar-refractivity contribution is 7.78. The molecule has 2 nitrogen and oxygen atoms in total. The maximum Gasteiger partial charge on any atom is 0.264 e. The van der Waals surface area contributed by atoms with Crippen LogP contribution in [0.5, 0.6) is 0 Å². The topological polar surface area (TPSA) is 20.3 Å². The van der Waals surface area contributed by atoms with E-state index >= 15 is 0 Å². The highest BCUT2D eigenvalue weighted by Gasteiger charge is 2.26. The molecule has 0 unspecified atom stereocenters. The number of thiol groups is 1. The van der Waals surface area contributed by atoms with E-state index in [1.165, 1.54) is 15.4 Å². The summed E-state index contributed by atoms with van der Waals surface area (Å²) in [6.07, 6.45) is 0. The lowest BCUT2D eigenvalue weighted by Gasteiger charge is -2.11. The second kappa shape index (κ2) is 3.56. The molecule has 0 spiro atoms. The minimum absolute atomic E-state index is 0.0201. The van der Waals surface area contributed by atoms with Crippen LogP contribution < -0.4 is 0 Å². The Hall–Kier alpha value is -0.960. The zero-order valence-corrected chi connectivity index (χ0v) is 10.1. The average molecular weight is 221 g/mol. The number of aryl methyl sites for hydroxylation is 1. The Balaban J connectivity index is 2.54. The summed E-state index contributed by atoms with van der Waals surface area (Å²) >= 11 is 4.14. The predicted octanol–water partition coefficient (Wildman–Crippen LogP) is 2.92. The first kappa shape index (κ1) is 10.6. The monoisotopic (exact) mass is 221 g/mol. The number of hydrogen-bond acceptors (Lipinski definition) is 2. The smallest absolute Gasteiger partial charge is 0.264 e. The van der Waals surface area contributed by atoms with Gasteiger partial charge in [0.2, 0.25) is 0 Å². The van der Waals surface area contributed by atoms with Gasteiger partial charge in [0.1, 0.15) is 0 Å². The lowest BCUT2D eigenvalue weighted by molar-refractivity contribution is 0.0891. The van der Waals surface area contributed by atoms with Crippen molar-refractivity contribution >= 4 is 18.7 Å². The van der Waals surface area contributed by atoms with Gasteiger partial charge in [-0.15, -0.1) is 0 Å². The molecule has 80 valence electrons. The molecule has 1 aliphatic heterocycles. The lowest BCUT2D eigenvalue weighted by Crippen LogP contribution is -2.11. The summed E-state index contributed by atoms with van der Waals surface area (Å²) < 4.78 is 1.47. The van der Waals surface area contributed by atoms with Gasteiger partial charge >= 0.3 is 0 Å². The molecule has 0 radical (unpaired) electrons. The molecular weight excluding hydrogens is 206 g/mol. The first-order valence-electron chi connectivity index (χ1n) is 5.15. The fraction of sp³-hybridized carbons (Fsp3) is 0.417. The number of hydrogen-bond donors (Lipinski definition) is 1. The molecule has 15 heavy (non-hydrogen) atoms. The van der Waals surface area contributed by atoms with Crippen molar-refractivity contribution in [1.29, 1.82) is 0 Å². The van der Waals surface area contributed by atoms with Gasteiger partial charge in [0, 0.05) is 5.56 Å². The maximum atomic E-state index is 11.7. The van der Waals surface area contributed by atoms with Crippen molar-refractivity contribution in [2.24, 2.45) is 0 Å². The average Bonchev–Trinajstić information content (AvgIpc) is 2.43. The Morgan fingerprint density at radius 2 is 2.07 bits per heavy atom. The summed E-state index contributed by atoms with van der Waals surface area (Å²) in [4.78, 5) is 11.7. The van der Waals surface area contributed by atoms with Crippen LogP contribution >= 0.6 is 12.8 Å². The number of rotatable bonds is 1. The molecule has 1 amide bonds. The molecule has 2 rings (SSSR count). The third kappa shape index (κ3) is 1.65. The van der Waals surface area contributed by atoms with Crippen molar-refractivity contribution in [3.63, 3.8) is 0 Å². The fourth-order valence-corrected chi connectivity index (χ4v) is 2.36. The van der Waals surface area contributed by atoms with E-state index in [9.17, 15) is 4.79 Å². The minimum atomic E-state index is 0.0201. The molecule has 3 heteroatoms. The van der Waals surface area contributed by atoms with Gasteiger partial charge in [-0.1, -0.05) is 32.7 Å². The Morgan fingerprint density at radius 3 is 2.67 bits per heavy atom. The van der Waals surface area contributed by atoms with E-state index in [0.717, 1.165) is 11.1 Å². The zero-order chi connectivity index (χ0) is 11.2. The van der Waals surface area contributed by atoms with E-state index < -0.39 is 0 Å². The van der Waals surface area contributed by atoms with Crippen LogP contribution in [0.1, 0.15) is 46.8 Å². The second-order valence-electron chi connectivity index (χ2n) is 4.38. The van der Waals surface area contributed by atoms with Crippen LogP contribution in [0.3, 0.4) is 0 Å². The number of fused-ring (bicyclic) bond motifs is 1. The number of nitrogens with zero attached hydrogens (tertiary/aromatic N) is 1. The quantitative estimate of drug-likeness (QED) is 0.723. The van der Waals surface area contributed by atoms with Crippen LogP contribution in [0.15, 0.2) is 12.1 Å². The van der Waals surface area contributed by atoms with Crippen LogP contribution in [-0.2, 0) is 6.54 Å².